The molecule has 1 aromatic rings. The van der Waals surface area contributed by atoms with Gasteiger partial charge >= 0.3 is 5.97 Å². The van der Waals surface area contributed by atoms with Crippen LogP contribution in [0.15, 0.2) is 11.6 Å². The molecule has 1 heterocycles. The molecule has 5 heteroatoms. The minimum absolute atomic E-state index is 0.0447. The van der Waals surface area contributed by atoms with Crippen molar-refractivity contribution in [2.75, 3.05) is 6.54 Å². The van der Waals surface area contributed by atoms with Gasteiger partial charge in [-0.15, -0.1) is 11.3 Å². The van der Waals surface area contributed by atoms with E-state index >= 15 is 0 Å². The molecule has 0 spiro atoms. The summed E-state index contributed by atoms with van der Waals surface area (Å²) in [6, 6.07) is 0. The molecule has 1 rings (SSSR count). The van der Waals surface area contributed by atoms with Crippen LogP contribution >= 0.6 is 11.3 Å². The summed E-state index contributed by atoms with van der Waals surface area (Å²) in [6.07, 6.45) is 1.74. The van der Waals surface area contributed by atoms with E-state index in [1.807, 2.05) is 31.1 Å². The van der Waals surface area contributed by atoms with Crippen LogP contribution in [0.3, 0.4) is 0 Å². The Hall–Kier alpha value is -0.940. The van der Waals surface area contributed by atoms with E-state index in [0.29, 0.717) is 6.54 Å². The van der Waals surface area contributed by atoms with Crippen molar-refractivity contribution in [1.29, 1.82) is 0 Å². The molecule has 0 bridgehead atoms. The Balaban J connectivity index is 2.69. The van der Waals surface area contributed by atoms with Crippen LogP contribution in [0.5, 0.6) is 0 Å². The molecule has 0 aliphatic heterocycles. The van der Waals surface area contributed by atoms with Gasteiger partial charge in [-0.2, -0.15) is 0 Å². The maximum absolute atomic E-state index is 10.7. The number of carboxylic acid groups (broad SMARTS) is 1. The molecule has 0 aliphatic rings. The molecule has 0 atom stereocenters. The van der Waals surface area contributed by atoms with Gasteiger partial charge in [-0.25, -0.2) is 4.98 Å². The van der Waals surface area contributed by atoms with Gasteiger partial charge in [-0.05, 0) is 20.8 Å². The smallest absolute Gasteiger partial charge is 0.317 e. The molecule has 0 aliphatic carbocycles. The van der Waals surface area contributed by atoms with Crippen LogP contribution in [-0.2, 0) is 11.3 Å². The number of thiazole rings is 1. The Bertz CT molecular complexity index is 317. The standard InChI is InChI=1S/C10H16N2O2S/c1-10(2,3)12(7-9(13)14)6-8-11-4-5-15-8/h4-5H,6-7H2,1-3H3,(H,13,14). The summed E-state index contributed by atoms with van der Waals surface area (Å²) in [5, 5.41) is 11.7. The number of aliphatic carboxylic acids is 1. The first-order chi connectivity index (χ1) is 6.89. The van der Waals surface area contributed by atoms with Gasteiger partial charge in [0.2, 0.25) is 0 Å². The number of carboxylic acids is 1. The zero-order valence-corrected chi connectivity index (χ0v) is 10.0. The van der Waals surface area contributed by atoms with E-state index in [1.54, 1.807) is 17.5 Å². The predicted octanol–water partition coefficient (Wildman–Crippen LogP) is 1.83. The second-order valence-corrected chi connectivity index (χ2v) is 5.33. The monoisotopic (exact) mass is 228 g/mol. The first-order valence-electron chi connectivity index (χ1n) is 4.75. The number of carbonyl (C=O) groups is 1. The summed E-state index contributed by atoms with van der Waals surface area (Å²) in [5.74, 6) is -0.804. The van der Waals surface area contributed by atoms with Crippen LogP contribution in [0, 0.1) is 0 Å². The van der Waals surface area contributed by atoms with E-state index in [4.69, 9.17) is 5.11 Å². The second-order valence-electron chi connectivity index (χ2n) is 4.35. The molecule has 1 aromatic heterocycles. The predicted molar refractivity (Wildman–Crippen MR) is 59.9 cm³/mol. The Kier molecular flexibility index (Phi) is 3.82. The first-order valence-corrected chi connectivity index (χ1v) is 5.63. The summed E-state index contributed by atoms with van der Waals surface area (Å²) in [7, 11) is 0. The summed E-state index contributed by atoms with van der Waals surface area (Å²) in [6.45, 7) is 6.65. The van der Waals surface area contributed by atoms with Crippen molar-refractivity contribution < 1.29 is 9.90 Å². The average molecular weight is 228 g/mol. The molecular weight excluding hydrogens is 212 g/mol. The second kappa shape index (κ2) is 4.72. The van der Waals surface area contributed by atoms with Gasteiger partial charge in [-0.1, -0.05) is 0 Å². The lowest BCUT2D eigenvalue weighted by Crippen LogP contribution is -2.43. The molecule has 0 unspecified atom stereocenters. The molecule has 84 valence electrons. The molecule has 4 nitrogen and oxygen atoms in total. The fraction of sp³-hybridized carbons (Fsp3) is 0.600. The van der Waals surface area contributed by atoms with Crippen LogP contribution < -0.4 is 0 Å². The van der Waals surface area contributed by atoms with E-state index in [9.17, 15) is 4.79 Å². The van der Waals surface area contributed by atoms with E-state index in [0.717, 1.165) is 5.01 Å². The van der Waals surface area contributed by atoms with Crippen molar-refractivity contribution in [1.82, 2.24) is 9.88 Å². The zero-order chi connectivity index (χ0) is 11.5. The number of hydrogen-bond acceptors (Lipinski definition) is 4. The van der Waals surface area contributed by atoms with E-state index in [2.05, 4.69) is 4.98 Å². The summed E-state index contributed by atoms with van der Waals surface area (Å²) in [5.41, 5.74) is -0.163. The fourth-order valence-corrected chi connectivity index (χ4v) is 1.82. The van der Waals surface area contributed by atoms with Gasteiger partial charge in [0.15, 0.2) is 0 Å². The van der Waals surface area contributed by atoms with Crippen molar-refractivity contribution in [2.45, 2.75) is 32.9 Å². The Morgan fingerprint density at radius 1 is 1.60 bits per heavy atom. The number of hydrogen-bond donors (Lipinski definition) is 1. The van der Waals surface area contributed by atoms with Crippen molar-refractivity contribution in [2.24, 2.45) is 0 Å². The molecule has 0 radical (unpaired) electrons. The van der Waals surface area contributed by atoms with E-state index in [1.165, 1.54) is 0 Å². The van der Waals surface area contributed by atoms with Gasteiger partial charge in [-0.3, -0.25) is 9.69 Å². The van der Waals surface area contributed by atoms with Crippen LogP contribution in [-0.4, -0.2) is 33.0 Å². The summed E-state index contributed by atoms with van der Waals surface area (Å²) in [4.78, 5) is 16.8. The molecular formula is C10H16N2O2S. The number of aromatic nitrogens is 1. The molecule has 0 fully saturated rings. The van der Waals surface area contributed by atoms with Gasteiger partial charge in [0, 0.05) is 17.1 Å². The van der Waals surface area contributed by atoms with Gasteiger partial charge in [0.25, 0.3) is 0 Å². The highest BCUT2D eigenvalue weighted by atomic mass is 32.1. The van der Waals surface area contributed by atoms with Crippen LogP contribution in [0.1, 0.15) is 25.8 Å². The Labute approximate surface area is 93.6 Å². The topological polar surface area (TPSA) is 53.4 Å². The Morgan fingerprint density at radius 3 is 2.67 bits per heavy atom. The highest BCUT2D eigenvalue weighted by Gasteiger charge is 2.24. The van der Waals surface area contributed by atoms with Gasteiger partial charge in [0.1, 0.15) is 5.01 Å². The molecule has 0 saturated heterocycles. The van der Waals surface area contributed by atoms with Crippen LogP contribution in [0.25, 0.3) is 0 Å². The third-order valence-corrected chi connectivity index (χ3v) is 2.85. The first kappa shape index (κ1) is 12.1. The average Bonchev–Trinajstić information content (AvgIpc) is 2.53. The SMILES string of the molecule is CC(C)(C)N(CC(=O)O)Cc1nccs1. The normalized spacial score (nSPS) is 12.0. The van der Waals surface area contributed by atoms with Crippen LogP contribution in [0.4, 0.5) is 0 Å². The minimum atomic E-state index is -0.804. The maximum Gasteiger partial charge on any atom is 0.317 e. The van der Waals surface area contributed by atoms with Crippen LogP contribution in [0.2, 0.25) is 0 Å². The van der Waals surface area contributed by atoms with Crippen molar-refractivity contribution in [3.05, 3.63) is 16.6 Å². The largest absolute Gasteiger partial charge is 0.480 e. The lowest BCUT2D eigenvalue weighted by Gasteiger charge is -2.33. The summed E-state index contributed by atoms with van der Waals surface area (Å²) < 4.78 is 0. The highest BCUT2D eigenvalue weighted by Crippen LogP contribution is 2.17. The zero-order valence-electron chi connectivity index (χ0n) is 9.23. The lowest BCUT2D eigenvalue weighted by atomic mass is 10.1. The van der Waals surface area contributed by atoms with Crippen molar-refractivity contribution in [3.8, 4) is 0 Å². The Morgan fingerprint density at radius 2 is 2.27 bits per heavy atom. The quantitative estimate of drug-likeness (QED) is 0.854. The van der Waals surface area contributed by atoms with Crippen molar-refractivity contribution >= 4 is 17.3 Å². The van der Waals surface area contributed by atoms with E-state index < -0.39 is 5.97 Å². The lowest BCUT2D eigenvalue weighted by molar-refractivity contribution is -0.139. The maximum atomic E-state index is 10.7. The third-order valence-electron chi connectivity index (χ3n) is 2.08. The molecule has 0 saturated carbocycles. The van der Waals surface area contributed by atoms with Crippen molar-refractivity contribution in [3.63, 3.8) is 0 Å². The fourth-order valence-electron chi connectivity index (χ4n) is 1.19. The summed E-state index contributed by atoms with van der Waals surface area (Å²) >= 11 is 1.55. The molecule has 0 aromatic carbocycles. The number of rotatable bonds is 4. The third kappa shape index (κ3) is 3.97. The molecule has 1 N–H and O–H groups in total. The van der Waals surface area contributed by atoms with Gasteiger partial charge in [0.05, 0.1) is 13.1 Å². The highest BCUT2D eigenvalue weighted by molar-refractivity contribution is 7.09. The van der Waals surface area contributed by atoms with Gasteiger partial charge < -0.3 is 5.11 Å². The number of nitrogens with zero attached hydrogens (tertiary/aromatic N) is 2. The molecule has 0 amide bonds. The van der Waals surface area contributed by atoms with E-state index in [-0.39, 0.29) is 12.1 Å². The molecule has 15 heavy (non-hydrogen) atoms. The minimum Gasteiger partial charge on any atom is -0.480 e.